The zero-order valence-electron chi connectivity index (χ0n) is 8.93. The van der Waals surface area contributed by atoms with E-state index in [4.69, 9.17) is 23.2 Å². The van der Waals surface area contributed by atoms with Gasteiger partial charge >= 0.3 is 0 Å². The average Bonchev–Trinajstić information content (AvgIpc) is 2.90. The molecular weight excluding hydrogens is 291 g/mol. The quantitative estimate of drug-likeness (QED) is 0.665. The molecule has 2 aromatic heterocycles. The van der Waals surface area contributed by atoms with Gasteiger partial charge in [-0.05, 0) is 18.2 Å². The fourth-order valence-electron chi connectivity index (χ4n) is 1.80. The monoisotopic (exact) mass is 296 g/mol. The van der Waals surface area contributed by atoms with E-state index in [2.05, 4.69) is 4.98 Å². The fraction of sp³-hybridized carbons (Fsp3) is 0. The molecule has 0 aliphatic carbocycles. The summed E-state index contributed by atoms with van der Waals surface area (Å²) in [4.78, 5) is 15.9. The van der Waals surface area contributed by atoms with E-state index in [1.165, 1.54) is 11.3 Å². The van der Waals surface area contributed by atoms with Gasteiger partial charge in [0.25, 0.3) is 0 Å². The minimum Gasteiger partial charge on any atom is -0.296 e. The predicted octanol–water partition coefficient (Wildman–Crippen LogP) is 4.18. The summed E-state index contributed by atoms with van der Waals surface area (Å²) in [6, 6.07) is 5.28. The molecule has 0 unspecified atom stereocenters. The first-order chi connectivity index (χ1) is 8.70. The van der Waals surface area contributed by atoms with E-state index in [1.807, 2.05) is 11.4 Å². The number of aldehydes is 1. The number of imidazole rings is 1. The lowest BCUT2D eigenvalue weighted by molar-refractivity contribution is 0.111. The third-order valence-electron chi connectivity index (χ3n) is 2.60. The van der Waals surface area contributed by atoms with E-state index in [-0.39, 0.29) is 0 Å². The first-order valence-corrected chi connectivity index (χ1v) is 6.70. The number of benzene rings is 1. The molecule has 1 aromatic carbocycles. The highest BCUT2D eigenvalue weighted by molar-refractivity contribution is 7.15. The Kier molecular flexibility index (Phi) is 2.86. The Morgan fingerprint density at radius 2 is 2.17 bits per heavy atom. The van der Waals surface area contributed by atoms with Gasteiger partial charge in [-0.15, -0.1) is 11.3 Å². The number of nitrogens with zero attached hydrogens (tertiary/aromatic N) is 2. The molecule has 0 saturated carbocycles. The molecule has 0 radical (unpaired) electrons. The molecule has 0 saturated heterocycles. The van der Waals surface area contributed by atoms with E-state index in [0.29, 0.717) is 15.7 Å². The standard InChI is InChI=1S/C12H6Cl2N2OS/c13-7-1-2-9(10(14)3-7)11-6-18-12-15-4-8(5-17)16(11)12/h1-6H. The van der Waals surface area contributed by atoms with Crippen LogP contribution in [0.4, 0.5) is 0 Å². The third kappa shape index (κ3) is 1.73. The van der Waals surface area contributed by atoms with Crippen molar-refractivity contribution in [3.05, 3.63) is 45.5 Å². The average molecular weight is 297 g/mol. The molecule has 0 fully saturated rings. The minimum absolute atomic E-state index is 0.507. The van der Waals surface area contributed by atoms with Gasteiger partial charge in [-0.25, -0.2) is 4.98 Å². The van der Waals surface area contributed by atoms with Crippen molar-refractivity contribution in [2.24, 2.45) is 0 Å². The molecule has 3 nitrogen and oxygen atoms in total. The second-order valence-corrected chi connectivity index (χ2v) is 5.34. The molecule has 0 amide bonds. The van der Waals surface area contributed by atoms with E-state index in [9.17, 15) is 4.79 Å². The van der Waals surface area contributed by atoms with Crippen molar-refractivity contribution in [1.82, 2.24) is 9.38 Å². The second-order valence-electron chi connectivity index (χ2n) is 3.66. The Morgan fingerprint density at radius 1 is 1.33 bits per heavy atom. The molecule has 0 atom stereocenters. The SMILES string of the molecule is O=Cc1cnc2scc(-c3ccc(Cl)cc3Cl)n12. The van der Waals surface area contributed by atoms with Crippen LogP contribution in [0.2, 0.25) is 10.0 Å². The summed E-state index contributed by atoms with van der Waals surface area (Å²) in [5.41, 5.74) is 2.18. The van der Waals surface area contributed by atoms with Crippen LogP contribution in [-0.2, 0) is 0 Å². The Morgan fingerprint density at radius 3 is 2.89 bits per heavy atom. The van der Waals surface area contributed by atoms with Crippen LogP contribution < -0.4 is 0 Å². The van der Waals surface area contributed by atoms with Crippen LogP contribution in [0.25, 0.3) is 16.2 Å². The summed E-state index contributed by atoms with van der Waals surface area (Å²) in [7, 11) is 0. The molecule has 0 N–H and O–H groups in total. The Balaban J connectivity index is 2.30. The van der Waals surface area contributed by atoms with Crippen molar-refractivity contribution < 1.29 is 4.79 Å². The van der Waals surface area contributed by atoms with Crippen LogP contribution in [0.1, 0.15) is 10.5 Å². The Labute approximate surface area is 117 Å². The van der Waals surface area contributed by atoms with E-state index < -0.39 is 0 Å². The molecule has 2 heterocycles. The highest BCUT2D eigenvalue weighted by Crippen LogP contribution is 2.33. The van der Waals surface area contributed by atoms with Crippen LogP contribution in [0.5, 0.6) is 0 Å². The van der Waals surface area contributed by atoms with Gasteiger partial charge in [0.15, 0.2) is 11.2 Å². The van der Waals surface area contributed by atoms with Crippen LogP contribution >= 0.6 is 34.5 Å². The molecule has 0 aliphatic heterocycles. The van der Waals surface area contributed by atoms with Gasteiger partial charge in [0.1, 0.15) is 5.69 Å². The molecule has 6 heteroatoms. The second kappa shape index (κ2) is 4.39. The molecular formula is C12H6Cl2N2OS. The number of hydrogen-bond acceptors (Lipinski definition) is 3. The molecule has 18 heavy (non-hydrogen) atoms. The minimum atomic E-state index is 0.507. The lowest BCUT2D eigenvalue weighted by atomic mass is 10.2. The van der Waals surface area contributed by atoms with Crippen LogP contribution in [0.15, 0.2) is 29.8 Å². The molecule has 0 bridgehead atoms. The van der Waals surface area contributed by atoms with Gasteiger partial charge in [-0.2, -0.15) is 0 Å². The summed E-state index contributed by atoms with van der Waals surface area (Å²) in [5.74, 6) is 0. The molecule has 3 rings (SSSR count). The number of rotatable bonds is 2. The molecule has 3 aromatic rings. The lowest BCUT2D eigenvalue weighted by Gasteiger charge is -2.04. The smallest absolute Gasteiger partial charge is 0.194 e. The number of carbonyl (C=O) groups is 1. The van der Waals surface area contributed by atoms with Crippen LogP contribution in [-0.4, -0.2) is 15.7 Å². The fourth-order valence-corrected chi connectivity index (χ4v) is 3.18. The van der Waals surface area contributed by atoms with Gasteiger partial charge in [0, 0.05) is 16.0 Å². The number of thiazole rings is 1. The Hall–Kier alpha value is -1.36. The van der Waals surface area contributed by atoms with Crippen molar-refractivity contribution in [2.75, 3.05) is 0 Å². The molecule has 90 valence electrons. The van der Waals surface area contributed by atoms with Gasteiger partial charge < -0.3 is 0 Å². The van der Waals surface area contributed by atoms with Crippen molar-refractivity contribution in [3.8, 4) is 11.3 Å². The van der Waals surface area contributed by atoms with Crippen molar-refractivity contribution >= 4 is 45.8 Å². The normalized spacial score (nSPS) is 11.0. The highest BCUT2D eigenvalue weighted by Gasteiger charge is 2.13. The summed E-state index contributed by atoms with van der Waals surface area (Å²) >= 11 is 13.5. The number of carbonyl (C=O) groups excluding carboxylic acids is 1. The first-order valence-electron chi connectivity index (χ1n) is 5.06. The van der Waals surface area contributed by atoms with E-state index in [0.717, 1.165) is 22.5 Å². The van der Waals surface area contributed by atoms with Crippen LogP contribution in [0, 0.1) is 0 Å². The Bertz CT molecular complexity index is 748. The van der Waals surface area contributed by atoms with Crippen LogP contribution in [0.3, 0.4) is 0 Å². The first kappa shape index (κ1) is 11.7. The van der Waals surface area contributed by atoms with Gasteiger partial charge in [0.05, 0.1) is 16.9 Å². The summed E-state index contributed by atoms with van der Waals surface area (Å²) < 4.78 is 1.78. The number of fused-ring (bicyclic) bond motifs is 1. The van der Waals surface area contributed by atoms with E-state index >= 15 is 0 Å². The van der Waals surface area contributed by atoms with Crippen molar-refractivity contribution in [1.29, 1.82) is 0 Å². The van der Waals surface area contributed by atoms with Gasteiger partial charge in [0.2, 0.25) is 0 Å². The largest absolute Gasteiger partial charge is 0.296 e. The molecule has 0 spiro atoms. The predicted molar refractivity (Wildman–Crippen MR) is 73.9 cm³/mol. The number of hydrogen-bond donors (Lipinski definition) is 0. The molecule has 0 aliphatic rings. The topological polar surface area (TPSA) is 34.4 Å². The third-order valence-corrected chi connectivity index (χ3v) is 3.99. The van der Waals surface area contributed by atoms with Crippen molar-refractivity contribution in [3.63, 3.8) is 0 Å². The van der Waals surface area contributed by atoms with Gasteiger partial charge in [-0.3, -0.25) is 9.20 Å². The zero-order valence-corrected chi connectivity index (χ0v) is 11.3. The van der Waals surface area contributed by atoms with E-state index in [1.54, 1.807) is 22.7 Å². The lowest BCUT2D eigenvalue weighted by Crippen LogP contribution is -1.92. The van der Waals surface area contributed by atoms with Gasteiger partial charge in [-0.1, -0.05) is 23.2 Å². The summed E-state index contributed by atoms with van der Waals surface area (Å²) in [6.07, 6.45) is 2.33. The number of halogens is 2. The maximum atomic E-state index is 11.0. The summed E-state index contributed by atoms with van der Waals surface area (Å²) in [5, 5.41) is 3.05. The number of aromatic nitrogens is 2. The van der Waals surface area contributed by atoms with Crippen molar-refractivity contribution in [2.45, 2.75) is 0 Å². The maximum Gasteiger partial charge on any atom is 0.194 e. The summed E-state index contributed by atoms with van der Waals surface area (Å²) in [6.45, 7) is 0. The highest BCUT2D eigenvalue weighted by atomic mass is 35.5. The zero-order chi connectivity index (χ0) is 12.7. The maximum absolute atomic E-state index is 11.0.